The molecule has 0 unspecified atom stereocenters. The van der Waals surface area contributed by atoms with Crippen molar-refractivity contribution in [2.75, 3.05) is 32.1 Å². The van der Waals surface area contributed by atoms with Crippen LogP contribution in [0.25, 0.3) is 0 Å². The van der Waals surface area contributed by atoms with Gasteiger partial charge in [0.05, 0.1) is 30.2 Å². The molecule has 2 aromatic rings. The van der Waals surface area contributed by atoms with Crippen LogP contribution in [0.3, 0.4) is 0 Å². The third kappa shape index (κ3) is 3.55. The van der Waals surface area contributed by atoms with E-state index in [0.29, 0.717) is 12.2 Å². The Hall–Kier alpha value is -2.98. The summed E-state index contributed by atoms with van der Waals surface area (Å²) in [6.45, 7) is 3.50. The Labute approximate surface area is 184 Å². The van der Waals surface area contributed by atoms with Crippen LogP contribution in [0.2, 0.25) is 0 Å². The molecule has 0 radical (unpaired) electrons. The molecule has 31 heavy (non-hydrogen) atoms. The molecule has 0 N–H and O–H groups in total. The van der Waals surface area contributed by atoms with E-state index in [9.17, 15) is 4.79 Å². The quantitative estimate of drug-likeness (QED) is 0.739. The maximum absolute atomic E-state index is 13.4. The SMILES string of the molecule is CCCN1C(=O)N(c2cnc(C#N)nc2)CC12CCC(c1ccccc1)(N(C)C)CC2. The number of aromatic nitrogens is 2. The zero-order valence-corrected chi connectivity index (χ0v) is 18.6. The topological polar surface area (TPSA) is 76.4 Å². The lowest BCUT2D eigenvalue weighted by Crippen LogP contribution is -2.55. The van der Waals surface area contributed by atoms with Crippen molar-refractivity contribution >= 4 is 11.7 Å². The van der Waals surface area contributed by atoms with E-state index in [2.05, 4.69) is 71.1 Å². The van der Waals surface area contributed by atoms with Crippen molar-refractivity contribution in [3.63, 3.8) is 0 Å². The van der Waals surface area contributed by atoms with Crippen molar-refractivity contribution in [3.05, 3.63) is 54.1 Å². The number of nitriles is 1. The van der Waals surface area contributed by atoms with Crippen molar-refractivity contribution < 1.29 is 4.79 Å². The molecular formula is C24H30N6O. The number of amides is 2. The van der Waals surface area contributed by atoms with E-state index in [-0.39, 0.29) is 22.9 Å². The van der Waals surface area contributed by atoms with Gasteiger partial charge in [0, 0.05) is 12.1 Å². The number of carbonyl (C=O) groups is 1. The van der Waals surface area contributed by atoms with E-state index >= 15 is 0 Å². The number of carbonyl (C=O) groups excluding carboxylic acids is 1. The van der Waals surface area contributed by atoms with Crippen LogP contribution in [0, 0.1) is 11.3 Å². The number of anilines is 1. The first-order valence-corrected chi connectivity index (χ1v) is 11.0. The van der Waals surface area contributed by atoms with Gasteiger partial charge in [0.1, 0.15) is 6.07 Å². The van der Waals surface area contributed by atoms with Crippen LogP contribution >= 0.6 is 0 Å². The predicted molar refractivity (Wildman–Crippen MR) is 119 cm³/mol. The van der Waals surface area contributed by atoms with Crippen LogP contribution < -0.4 is 4.90 Å². The molecule has 0 atom stereocenters. The highest BCUT2D eigenvalue weighted by atomic mass is 16.2. The molecule has 7 nitrogen and oxygen atoms in total. The molecule has 1 saturated carbocycles. The summed E-state index contributed by atoms with van der Waals surface area (Å²) in [4.78, 5) is 27.8. The van der Waals surface area contributed by atoms with Crippen LogP contribution in [0.5, 0.6) is 0 Å². The summed E-state index contributed by atoms with van der Waals surface area (Å²) in [5.41, 5.74) is 1.81. The number of urea groups is 1. The van der Waals surface area contributed by atoms with Gasteiger partial charge in [-0.3, -0.25) is 9.80 Å². The van der Waals surface area contributed by atoms with Crippen molar-refractivity contribution in [1.29, 1.82) is 5.26 Å². The van der Waals surface area contributed by atoms with Gasteiger partial charge in [0.15, 0.2) is 0 Å². The Balaban J connectivity index is 1.63. The van der Waals surface area contributed by atoms with Crippen LogP contribution in [-0.4, -0.2) is 58.5 Å². The van der Waals surface area contributed by atoms with Gasteiger partial charge in [-0.1, -0.05) is 37.3 Å². The van der Waals surface area contributed by atoms with E-state index in [0.717, 1.165) is 38.6 Å². The number of nitrogens with zero attached hydrogens (tertiary/aromatic N) is 6. The number of hydrogen-bond acceptors (Lipinski definition) is 5. The minimum Gasteiger partial charge on any atom is -0.317 e. The second kappa shape index (κ2) is 8.27. The van der Waals surface area contributed by atoms with Gasteiger partial charge in [0.25, 0.3) is 0 Å². The van der Waals surface area contributed by atoms with Crippen molar-refractivity contribution in [2.24, 2.45) is 0 Å². The third-order valence-corrected chi connectivity index (χ3v) is 7.16. The molecule has 4 rings (SSSR count). The summed E-state index contributed by atoms with van der Waals surface area (Å²) in [5, 5.41) is 8.98. The van der Waals surface area contributed by atoms with Gasteiger partial charge in [-0.15, -0.1) is 0 Å². The van der Waals surface area contributed by atoms with Crippen LogP contribution in [0.15, 0.2) is 42.7 Å². The molecule has 1 saturated heterocycles. The lowest BCUT2D eigenvalue weighted by Gasteiger charge is -2.51. The van der Waals surface area contributed by atoms with Gasteiger partial charge >= 0.3 is 6.03 Å². The molecule has 0 bridgehead atoms. The first kappa shape index (κ1) is 21.3. The second-order valence-electron chi connectivity index (χ2n) is 8.91. The number of benzene rings is 1. The van der Waals surface area contributed by atoms with Gasteiger partial charge in [-0.05, 0) is 51.8 Å². The van der Waals surface area contributed by atoms with E-state index in [1.807, 2.05) is 6.07 Å². The Bertz CT molecular complexity index is 958. The van der Waals surface area contributed by atoms with Crippen molar-refractivity contribution in [3.8, 4) is 6.07 Å². The maximum atomic E-state index is 13.4. The normalized spacial score (nSPS) is 26.0. The number of hydrogen-bond donors (Lipinski definition) is 0. The van der Waals surface area contributed by atoms with Crippen molar-refractivity contribution in [1.82, 2.24) is 19.8 Å². The van der Waals surface area contributed by atoms with E-state index in [1.54, 1.807) is 17.3 Å². The fourth-order valence-corrected chi connectivity index (χ4v) is 5.37. The summed E-state index contributed by atoms with van der Waals surface area (Å²) in [7, 11) is 4.32. The van der Waals surface area contributed by atoms with Crippen LogP contribution in [-0.2, 0) is 5.54 Å². The van der Waals surface area contributed by atoms with Crippen LogP contribution in [0.4, 0.5) is 10.5 Å². The van der Waals surface area contributed by atoms with Crippen LogP contribution in [0.1, 0.15) is 50.4 Å². The maximum Gasteiger partial charge on any atom is 0.325 e. The van der Waals surface area contributed by atoms with Gasteiger partial charge in [0.2, 0.25) is 5.82 Å². The molecule has 1 spiro atoms. The second-order valence-corrected chi connectivity index (χ2v) is 8.91. The average Bonchev–Trinajstić information content (AvgIpc) is 3.07. The fraction of sp³-hybridized carbons (Fsp3) is 0.500. The summed E-state index contributed by atoms with van der Waals surface area (Å²) < 4.78 is 0. The molecular weight excluding hydrogens is 388 g/mol. The molecule has 1 aliphatic heterocycles. The Morgan fingerprint density at radius 2 is 1.74 bits per heavy atom. The Morgan fingerprint density at radius 1 is 1.10 bits per heavy atom. The number of rotatable bonds is 5. The zero-order valence-electron chi connectivity index (χ0n) is 18.6. The largest absolute Gasteiger partial charge is 0.325 e. The minimum atomic E-state index is -0.185. The molecule has 2 amide bonds. The highest BCUT2D eigenvalue weighted by Gasteiger charge is 2.54. The lowest BCUT2D eigenvalue weighted by atomic mass is 9.68. The highest BCUT2D eigenvalue weighted by Crippen LogP contribution is 2.49. The highest BCUT2D eigenvalue weighted by molar-refractivity contribution is 5.95. The van der Waals surface area contributed by atoms with Gasteiger partial charge in [-0.2, -0.15) is 5.26 Å². The average molecular weight is 419 g/mol. The van der Waals surface area contributed by atoms with E-state index in [1.165, 1.54) is 5.56 Å². The minimum absolute atomic E-state index is 0.0155. The summed E-state index contributed by atoms with van der Waals surface area (Å²) in [6, 6.07) is 12.7. The molecule has 2 heterocycles. The molecule has 1 aromatic heterocycles. The van der Waals surface area contributed by atoms with Gasteiger partial charge < -0.3 is 4.90 Å². The Morgan fingerprint density at radius 3 is 2.29 bits per heavy atom. The summed E-state index contributed by atoms with van der Waals surface area (Å²) >= 11 is 0. The molecule has 2 fully saturated rings. The first-order valence-electron chi connectivity index (χ1n) is 11.0. The first-order chi connectivity index (χ1) is 15.0. The zero-order chi connectivity index (χ0) is 22.1. The fourth-order valence-electron chi connectivity index (χ4n) is 5.37. The molecule has 7 heteroatoms. The monoisotopic (exact) mass is 418 g/mol. The molecule has 1 aromatic carbocycles. The summed E-state index contributed by atoms with van der Waals surface area (Å²) in [5.74, 6) is 0.117. The van der Waals surface area contributed by atoms with E-state index in [4.69, 9.17) is 5.26 Å². The van der Waals surface area contributed by atoms with E-state index < -0.39 is 0 Å². The van der Waals surface area contributed by atoms with Crippen molar-refractivity contribution in [2.45, 2.75) is 50.1 Å². The smallest absolute Gasteiger partial charge is 0.317 e. The molecule has 162 valence electrons. The summed E-state index contributed by atoms with van der Waals surface area (Å²) in [6.07, 6.45) is 7.97. The molecule has 2 aliphatic rings. The molecule has 1 aliphatic carbocycles. The lowest BCUT2D eigenvalue weighted by molar-refractivity contribution is 0.0263. The Kier molecular flexibility index (Phi) is 5.67. The van der Waals surface area contributed by atoms with Gasteiger partial charge in [-0.25, -0.2) is 14.8 Å². The third-order valence-electron chi connectivity index (χ3n) is 7.16. The predicted octanol–water partition coefficient (Wildman–Crippen LogP) is 3.77. The standard InChI is InChI=1S/C24H30N6O/c1-4-14-30-22(31)29(20-16-26-21(15-25)27-17-20)18-23(30)10-12-24(13-11-23,28(2)3)19-8-6-5-7-9-19/h5-9,16-17H,4,10-14,18H2,1-3H3.